The van der Waals surface area contributed by atoms with Gasteiger partial charge >= 0.3 is 5.97 Å². The average Bonchev–Trinajstić information content (AvgIpc) is 2.41. The van der Waals surface area contributed by atoms with Crippen molar-refractivity contribution in [1.29, 1.82) is 0 Å². The average molecular weight is 255 g/mol. The standard InChI is InChI=1S/C14H25NO3/c1-13(2,9-12(17)18)8-11(16)15-10-6-5-7-14(10,3)4/h10H,5-9H2,1-4H3,(H,15,16)(H,17,18). The zero-order valence-corrected chi connectivity index (χ0v) is 11.9. The summed E-state index contributed by atoms with van der Waals surface area (Å²) in [5.41, 5.74) is -0.328. The maximum Gasteiger partial charge on any atom is 0.303 e. The van der Waals surface area contributed by atoms with E-state index < -0.39 is 11.4 Å². The van der Waals surface area contributed by atoms with E-state index in [1.54, 1.807) is 0 Å². The first-order valence-electron chi connectivity index (χ1n) is 6.64. The quantitative estimate of drug-likeness (QED) is 0.793. The summed E-state index contributed by atoms with van der Waals surface area (Å²) in [5.74, 6) is -0.879. The fraction of sp³-hybridized carbons (Fsp3) is 0.857. The lowest BCUT2D eigenvalue weighted by molar-refractivity contribution is -0.139. The molecule has 4 nitrogen and oxygen atoms in total. The molecule has 0 aromatic carbocycles. The van der Waals surface area contributed by atoms with Gasteiger partial charge < -0.3 is 10.4 Å². The molecule has 0 spiro atoms. The van der Waals surface area contributed by atoms with Gasteiger partial charge in [0.25, 0.3) is 0 Å². The third-order valence-electron chi connectivity index (χ3n) is 3.86. The number of carbonyl (C=O) groups is 2. The summed E-state index contributed by atoms with van der Waals surface area (Å²) in [6, 6.07) is 0.227. The van der Waals surface area contributed by atoms with Crippen LogP contribution < -0.4 is 5.32 Å². The van der Waals surface area contributed by atoms with Crippen molar-refractivity contribution in [3.05, 3.63) is 0 Å². The number of carbonyl (C=O) groups excluding carboxylic acids is 1. The van der Waals surface area contributed by atoms with Crippen molar-refractivity contribution in [2.45, 2.75) is 65.8 Å². The molecule has 1 fully saturated rings. The first-order chi connectivity index (χ1) is 8.12. The molecule has 104 valence electrons. The monoisotopic (exact) mass is 255 g/mol. The van der Waals surface area contributed by atoms with E-state index in [0.717, 1.165) is 19.3 Å². The molecule has 1 saturated carbocycles. The van der Waals surface area contributed by atoms with Crippen molar-refractivity contribution in [3.8, 4) is 0 Å². The highest BCUT2D eigenvalue weighted by Crippen LogP contribution is 2.37. The van der Waals surface area contributed by atoms with E-state index in [-0.39, 0.29) is 30.2 Å². The molecule has 0 bridgehead atoms. The van der Waals surface area contributed by atoms with Gasteiger partial charge in [0.1, 0.15) is 0 Å². The Morgan fingerprint density at radius 2 is 1.94 bits per heavy atom. The Labute approximate surface area is 109 Å². The first kappa shape index (κ1) is 15.0. The second-order valence-corrected chi connectivity index (χ2v) is 6.91. The SMILES string of the molecule is CC(C)(CC(=O)O)CC(=O)NC1CCCC1(C)C. The van der Waals surface area contributed by atoms with Gasteiger partial charge in [-0.15, -0.1) is 0 Å². The molecule has 1 aliphatic rings. The normalized spacial score (nSPS) is 22.8. The van der Waals surface area contributed by atoms with Crippen LogP contribution in [0.4, 0.5) is 0 Å². The molecule has 0 heterocycles. The Bertz CT molecular complexity index is 334. The van der Waals surface area contributed by atoms with Gasteiger partial charge in [0, 0.05) is 12.5 Å². The van der Waals surface area contributed by atoms with Crippen molar-refractivity contribution < 1.29 is 14.7 Å². The Morgan fingerprint density at radius 1 is 1.33 bits per heavy atom. The van der Waals surface area contributed by atoms with Crippen LogP contribution in [0.15, 0.2) is 0 Å². The van der Waals surface area contributed by atoms with Crippen LogP contribution in [0.5, 0.6) is 0 Å². The molecule has 1 aliphatic carbocycles. The van der Waals surface area contributed by atoms with Crippen molar-refractivity contribution in [2.75, 3.05) is 0 Å². The molecule has 0 aromatic rings. The molecule has 1 unspecified atom stereocenters. The molecular formula is C14H25NO3. The predicted molar refractivity (Wildman–Crippen MR) is 70.2 cm³/mol. The summed E-state index contributed by atoms with van der Waals surface area (Å²) in [4.78, 5) is 22.7. The van der Waals surface area contributed by atoms with Crippen molar-refractivity contribution in [1.82, 2.24) is 5.32 Å². The lowest BCUT2D eigenvalue weighted by atomic mass is 9.84. The van der Waals surface area contributed by atoms with E-state index in [2.05, 4.69) is 19.2 Å². The van der Waals surface area contributed by atoms with Crippen LogP contribution in [0.3, 0.4) is 0 Å². The fourth-order valence-corrected chi connectivity index (χ4v) is 2.75. The van der Waals surface area contributed by atoms with Crippen LogP contribution in [0.1, 0.15) is 59.8 Å². The summed E-state index contributed by atoms with van der Waals surface area (Å²) in [7, 11) is 0. The Morgan fingerprint density at radius 3 is 2.39 bits per heavy atom. The van der Waals surface area contributed by atoms with Gasteiger partial charge in [-0.1, -0.05) is 34.1 Å². The largest absolute Gasteiger partial charge is 0.481 e. The van der Waals surface area contributed by atoms with E-state index in [1.165, 1.54) is 0 Å². The van der Waals surface area contributed by atoms with Crippen LogP contribution in [-0.2, 0) is 9.59 Å². The second kappa shape index (κ2) is 5.29. The maximum absolute atomic E-state index is 12.0. The Balaban J connectivity index is 2.49. The number of carboxylic acids is 1. The molecular weight excluding hydrogens is 230 g/mol. The van der Waals surface area contributed by atoms with Crippen LogP contribution in [0, 0.1) is 10.8 Å². The summed E-state index contributed by atoms with van der Waals surface area (Å²) >= 11 is 0. The first-order valence-corrected chi connectivity index (χ1v) is 6.64. The van der Waals surface area contributed by atoms with Crippen LogP contribution in [-0.4, -0.2) is 23.0 Å². The number of amides is 1. The number of hydrogen-bond acceptors (Lipinski definition) is 2. The minimum atomic E-state index is -0.853. The van der Waals surface area contributed by atoms with Crippen molar-refractivity contribution in [3.63, 3.8) is 0 Å². The van der Waals surface area contributed by atoms with Crippen molar-refractivity contribution in [2.24, 2.45) is 10.8 Å². The van der Waals surface area contributed by atoms with Crippen LogP contribution in [0.25, 0.3) is 0 Å². The van der Waals surface area contributed by atoms with Crippen LogP contribution in [0.2, 0.25) is 0 Å². The molecule has 1 atom stereocenters. The van der Waals surface area contributed by atoms with Gasteiger partial charge in [-0.2, -0.15) is 0 Å². The Hall–Kier alpha value is -1.06. The van der Waals surface area contributed by atoms with Gasteiger partial charge in [0.05, 0.1) is 6.42 Å². The molecule has 0 aromatic heterocycles. The molecule has 1 rings (SSSR count). The smallest absolute Gasteiger partial charge is 0.303 e. The van der Waals surface area contributed by atoms with E-state index in [0.29, 0.717) is 0 Å². The fourth-order valence-electron chi connectivity index (χ4n) is 2.75. The highest BCUT2D eigenvalue weighted by atomic mass is 16.4. The summed E-state index contributed by atoms with van der Waals surface area (Å²) in [6.07, 6.45) is 3.60. The highest BCUT2D eigenvalue weighted by Gasteiger charge is 2.36. The van der Waals surface area contributed by atoms with Gasteiger partial charge in [-0.05, 0) is 23.7 Å². The van der Waals surface area contributed by atoms with Gasteiger partial charge in [-0.25, -0.2) is 0 Å². The number of hydrogen-bond donors (Lipinski definition) is 2. The molecule has 4 heteroatoms. The summed E-state index contributed by atoms with van der Waals surface area (Å²) < 4.78 is 0. The van der Waals surface area contributed by atoms with E-state index in [9.17, 15) is 9.59 Å². The topological polar surface area (TPSA) is 66.4 Å². The number of aliphatic carboxylic acids is 1. The van der Waals surface area contributed by atoms with Gasteiger partial charge in [-0.3, -0.25) is 9.59 Å². The molecule has 0 saturated heterocycles. The zero-order chi connectivity index (χ0) is 14.0. The lowest BCUT2D eigenvalue weighted by Crippen LogP contribution is -2.43. The van der Waals surface area contributed by atoms with Crippen LogP contribution >= 0.6 is 0 Å². The number of nitrogens with one attached hydrogen (secondary N) is 1. The number of rotatable bonds is 5. The third kappa shape index (κ3) is 4.31. The van der Waals surface area contributed by atoms with Gasteiger partial charge in [0.2, 0.25) is 5.91 Å². The minimum absolute atomic E-state index is 0.0223. The second-order valence-electron chi connectivity index (χ2n) is 6.91. The molecule has 18 heavy (non-hydrogen) atoms. The minimum Gasteiger partial charge on any atom is -0.481 e. The molecule has 1 amide bonds. The van der Waals surface area contributed by atoms with E-state index in [1.807, 2.05) is 13.8 Å². The number of carboxylic acid groups (broad SMARTS) is 1. The lowest BCUT2D eigenvalue weighted by Gasteiger charge is -2.29. The maximum atomic E-state index is 12.0. The summed E-state index contributed by atoms with van der Waals surface area (Å²) in [5, 5.41) is 11.9. The van der Waals surface area contributed by atoms with Crippen molar-refractivity contribution >= 4 is 11.9 Å². The molecule has 0 aliphatic heterocycles. The van der Waals surface area contributed by atoms with E-state index in [4.69, 9.17) is 5.11 Å². The predicted octanol–water partition coefficient (Wildman–Crippen LogP) is 2.57. The summed E-state index contributed by atoms with van der Waals surface area (Å²) in [6.45, 7) is 7.99. The molecule has 0 radical (unpaired) electrons. The van der Waals surface area contributed by atoms with E-state index >= 15 is 0 Å². The van der Waals surface area contributed by atoms with Gasteiger partial charge in [0.15, 0.2) is 0 Å². The zero-order valence-electron chi connectivity index (χ0n) is 11.9. The molecule has 2 N–H and O–H groups in total. The Kier molecular flexibility index (Phi) is 4.41. The highest BCUT2D eigenvalue weighted by molar-refractivity contribution is 5.78. The third-order valence-corrected chi connectivity index (χ3v) is 3.86.